The molecule has 378 valence electrons. The topological polar surface area (TPSA) is 32.8 Å². The number of anilines is 6. The Hall–Kier alpha value is -8.86. The van der Waals surface area contributed by atoms with Gasteiger partial charge in [-0.3, -0.25) is 0 Å². The molecule has 0 fully saturated rings. The van der Waals surface area contributed by atoms with Gasteiger partial charge in [0.15, 0.2) is 0 Å². The fourth-order valence-electron chi connectivity index (χ4n) is 13.5. The Labute approximate surface area is 455 Å². The molecular formula is C74H60N2O2. The minimum Gasteiger partial charge on any atom is -0.455 e. The molecule has 4 nitrogen and oxygen atoms in total. The van der Waals surface area contributed by atoms with Crippen LogP contribution in [0.15, 0.2) is 215 Å². The average molecular weight is 1010 g/mol. The molecule has 2 aliphatic rings. The van der Waals surface area contributed by atoms with Gasteiger partial charge < -0.3 is 18.6 Å². The van der Waals surface area contributed by atoms with E-state index in [2.05, 4.69) is 271 Å². The van der Waals surface area contributed by atoms with E-state index in [1.165, 1.54) is 55.6 Å². The van der Waals surface area contributed by atoms with Crippen LogP contribution in [0, 0.1) is 0 Å². The van der Waals surface area contributed by atoms with Crippen LogP contribution in [0.25, 0.3) is 87.7 Å². The molecule has 0 aliphatic heterocycles. The van der Waals surface area contributed by atoms with Crippen LogP contribution < -0.4 is 9.80 Å². The second-order valence-corrected chi connectivity index (χ2v) is 23.7. The van der Waals surface area contributed by atoms with E-state index in [9.17, 15) is 0 Å². The molecular weight excluding hydrogens is 949 g/mol. The highest BCUT2D eigenvalue weighted by molar-refractivity contribution is 6.22. The number of hydrogen-bond donors (Lipinski definition) is 0. The second-order valence-electron chi connectivity index (χ2n) is 23.7. The standard InChI is InChI=1S/C74H60N2O2/c1-43(2)45-17-23-49(24-18-45)75(53-29-35-67-61(39-53)57-13-9-11-15-65(57)73(67,5)6)51-27-33-55-47(37-51)21-31-59-63-41-70-64(42-69(63)77-71(55)59)60-32-22-48-38-52(28-34-56(48)72(60)78-70)76(50-25-19-46(20-26-50)44(3)4)54-30-36-68-62(40-54)58-14-10-12-16-66(58)74(68,7)8/h9-44H,1-8H3. The number of rotatable bonds is 8. The van der Waals surface area contributed by atoms with Crippen molar-refractivity contribution in [1.29, 1.82) is 0 Å². The minimum absolute atomic E-state index is 0.0646. The summed E-state index contributed by atoms with van der Waals surface area (Å²) in [6.07, 6.45) is 0. The van der Waals surface area contributed by atoms with Crippen LogP contribution in [0.4, 0.5) is 34.1 Å². The summed E-state index contributed by atoms with van der Waals surface area (Å²) < 4.78 is 13.9. The van der Waals surface area contributed by atoms with Crippen molar-refractivity contribution >= 4 is 99.5 Å². The first kappa shape index (κ1) is 46.4. The lowest BCUT2D eigenvalue weighted by molar-refractivity contribution is 0.660. The smallest absolute Gasteiger partial charge is 0.143 e. The molecule has 11 aromatic carbocycles. The first-order valence-electron chi connectivity index (χ1n) is 27.8. The highest BCUT2D eigenvalue weighted by atomic mass is 16.3. The van der Waals surface area contributed by atoms with Crippen molar-refractivity contribution in [2.75, 3.05) is 9.80 Å². The van der Waals surface area contributed by atoms with Crippen molar-refractivity contribution in [3.05, 3.63) is 240 Å². The number of hydrogen-bond acceptors (Lipinski definition) is 4. The van der Waals surface area contributed by atoms with Gasteiger partial charge in [-0.2, -0.15) is 0 Å². The normalized spacial score (nSPS) is 14.1. The van der Waals surface area contributed by atoms with E-state index in [-0.39, 0.29) is 10.8 Å². The van der Waals surface area contributed by atoms with Crippen molar-refractivity contribution in [3.63, 3.8) is 0 Å². The van der Waals surface area contributed by atoms with Crippen LogP contribution in [0.5, 0.6) is 0 Å². The quantitative estimate of drug-likeness (QED) is 0.152. The van der Waals surface area contributed by atoms with Crippen molar-refractivity contribution in [1.82, 2.24) is 0 Å². The summed E-state index contributed by atoms with van der Waals surface area (Å²) in [7, 11) is 0. The fourth-order valence-corrected chi connectivity index (χ4v) is 13.5. The van der Waals surface area contributed by atoms with Crippen LogP contribution in [-0.2, 0) is 10.8 Å². The molecule has 2 heterocycles. The molecule has 0 radical (unpaired) electrons. The molecule has 0 amide bonds. The third kappa shape index (κ3) is 6.85. The van der Waals surface area contributed by atoms with Crippen molar-refractivity contribution in [2.24, 2.45) is 0 Å². The molecule has 0 spiro atoms. The van der Waals surface area contributed by atoms with Crippen molar-refractivity contribution in [3.8, 4) is 22.3 Å². The van der Waals surface area contributed by atoms with E-state index in [0.29, 0.717) is 11.8 Å². The minimum atomic E-state index is -0.0646. The Bertz CT molecular complexity index is 4330. The monoisotopic (exact) mass is 1010 g/mol. The molecule has 13 aromatic rings. The largest absolute Gasteiger partial charge is 0.455 e. The summed E-state index contributed by atoms with van der Waals surface area (Å²) >= 11 is 0. The van der Waals surface area contributed by atoms with Gasteiger partial charge in [-0.1, -0.05) is 152 Å². The highest BCUT2D eigenvalue weighted by Crippen LogP contribution is 2.53. The zero-order chi connectivity index (χ0) is 52.9. The van der Waals surface area contributed by atoms with Crippen LogP contribution >= 0.6 is 0 Å². The fraction of sp³-hybridized carbons (Fsp3) is 0.162. The molecule has 0 atom stereocenters. The van der Waals surface area contributed by atoms with Gasteiger partial charge in [-0.05, 0) is 187 Å². The first-order valence-corrected chi connectivity index (χ1v) is 27.8. The molecule has 78 heavy (non-hydrogen) atoms. The van der Waals surface area contributed by atoms with Gasteiger partial charge in [0.05, 0.1) is 0 Å². The number of fused-ring (bicyclic) bond motifs is 16. The van der Waals surface area contributed by atoms with Gasteiger partial charge in [0.1, 0.15) is 22.3 Å². The summed E-state index contributed by atoms with van der Waals surface area (Å²) in [4.78, 5) is 4.81. The maximum absolute atomic E-state index is 6.93. The Morgan fingerprint density at radius 3 is 1.06 bits per heavy atom. The zero-order valence-corrected chi connectivity index (χ0v) is 45.5. The van der Waals surface area contributed by atoms with Crippen molar-refractivity contribution < 1.29 is 8.83 Å². The molecule has 0 bridgehead atoms. The van der Waals surface area contributed by atoms with E-state index < -0.39 is 0 Å². The predicted octanol–water partition coefficient (Wildman–Crippen LogP) is 21.6. The van der Waals surface area contributed by atoms with Crippen LogP contribution in [0.3, 0.4) is 0 Å². The molecule has 0 N–H and O–H groups in total. The van der Waals surface area contributed by atoms with Gasteiger partial charge in [0.2, 0.25) is 0 Å². The Balaban J connectivity index is 0.811. The van der Waals surface area contributed by atoms with E-state index in [1.807, 2.05) is 0 Å². The lowest BCUT2D eigenvalue weighted by Gasteiger charge is -2.27. The SMILES string of the molecule is CC(C)c1ccc(N(c2ccc3c(c2)-c2ccccc2C3(C)C)c2ccc3c(ccc4c5cc6oc7c8ccc(N(c9ccc(C(C)C)cc9)c9ccc%10c(c9)-c9ccccc9C%10(C)C)cc8ccc7c6cc5oc34)c2)cc1. The summed E-state index contributed by atoms with van der Waals surface area (Å²) in [6.45, 7) is 18.4. The Kier molecular flexibility index (Phi) is 10.0. The van der Waals surface area contributed by atoms with Crippen LogP contribution in [0.2, 0.25) is 0 Å². The molecule has 0 unspecified atom stereocenters. The first-order chi connectivity index (χ1) is 37.8. The molecule has 15 rings (SSSR count). The molecule has 0 saturated heterocycles. The van der Waals surface area contributed by atoms with Crippen LogP contribution in [0.1, 0.15) is 101 Å². The average Bonchev–Trinajstić information content (AvgIpc) is 4.37. The van der Waals surface area contributed by atoms with Gasteiger partial charge in [0.25, 0.3) is 0 Å². The van der Waals surface area contributed by atoms with E-state index in [0.717, 1.165) is 99.5 Å². The Morgan fingerprint density at radius 2 is 0.654 bits per heavy atom. The van der Waals surface area contributed by atoms with Gasteiger partial charge in [-0.25, -0.2) is 0 Å². The summed E-state index contributed by atoms with van der Waals surface area (Å²) in [5, 5.41) is 8.62. The lowest BCUT2D eigenvalue weighted by atomic mass is 9.82. The van der Waals surface area contributed by atoms with Gasteiger partial charge in [-0.15, -0.1) is 0 Å². The predicted molar refractivity (Wildman–Crippen MR) is 329 cm³/mol. The highest BCUT2D eigenvalue weighted by Gasteiger charge is 2.37. The Morgan fingerprint density at radius 1 is 0.308 bits per heavy atom. The lowest BCUT2D eigenvalue weighted by Crippen LogP contribution is -2.15. The van der Waals surface area contributed by atoms with E-state index >= 15 is 0 Å². The summed E-state index contributed by atoms with van der Waals surface area (Å²) in [5.41, 5.74) is 23.4. The summed E-state index contributed by atoms with van der Waals surface area (Å²) in [6, 6.07) is 76.9. The zero-order valence-electron chi connectivity index (χ0n) is 45.5. The van der Waals surface area contributed by atoms with Gasteiger partial charge in [0, 0.05) is 77.3 Å². The van der Waals surface area contributed by atoms with E-state index in [1.54, 1.807) is 0 Å². The number of furan rings is 2. The number of nitrogens with zero attached hydrogens (tertiary/aromatic N) is 2. The third-order valence-electron chi connectivity index (χ3n) is 17.8. The number of benzene rings is 11. The summed E-state index contributed by atoms with van der Waals surface area (Å²) in [5.74, 6) is 0.889. The van der Waals surface area contributed by atoms with Crippen molar-refractivity contribution in [2.45, 2.75) is 78.1 Å². The molecule has 4 heteroatoms. The molecule has 2 aliphatic carbocycles. The van der Waals surface area contributed by atoms with Gasteiger partial charge >= 0.3 is 0 Å². The second kappa shape index (κ2) is 16.8. The third-order valence-corrected chi connectivity index (χ3v) is 17.8. The molecule has 0 saturated carbocycles. The molecule has 2 aromatic heterocycles. The maximum atomic E-state index is 6.93. The maximum Gasteiger partial charge on any atom is 0.143 e. The van der Waals surface area contributed by atoms with E-state index in [4.69, 9.17) is 8.83 Å². The van der Waals surface area contributed by atoms with Crippen LogP contribution in [-0.4, -0.2) is 0 Å².